The number of carbonyl (C=O) groups excluding carboxylic acids is 1. The summed E-state index contributed by atoms with van der Waals surface area (Å²) in [6.45, 7) is 0.157. The van der Waals surface area contributed by atoms with Crippen molar-refractivity contribution < 1.29 is 14.3 Å². The first-order valence-corrected chi connectivity index (χ1v) is 10.1. The number of halogens is 1. The van der Waals surface area contributed by atoms with Crippen LogP contribution in [0.3, 0.4) is 0 Å². The van der Waals surface area contributed by atoms with Gasteiger partial charge >= 0.3 is 0 Å². The van der Waals surface area contributed by atoms with Gasteiger partial charge < -0.3 is 15.2 Å². The Hall–Kier alpha value is -3.43. The van der Waals surface area contributed by atoms with E-state index in [1.807, 2.05) is 35.2 Å². The van der Waals surface area contributed by atoms with Crippen molar-refractivity contribution in [3.63, 3.8) is 0 Å². The first kappa shape index (κ1) is 18.6. The summed E-state index contributed by atoms with van der Waals surface area (Å²) < 4.78 is 10.9. The summed E-state index contributed by atoms with van der Waals surface area (Å²) in [6, 6.07) is 15.0. The molecule has 7 heteroatoms. The maximum absolute atomic E-state index is 13.1. The van der Waals surface area contributed by atoms with Crippen LogP contribution in [0.2, 0.25) is 5.02 Å². The summed E-state index contributed by atoms with van der Waals surface area (Å²) in [5.41, 5.74) is 9.92. The predicted molar refractivity (Wildman–Crippen MR) is 112 cm³/mol. The number of carbonyl (C=O) groups is 1. The van der Waals surface area contributed by atoms with Crippen LogP contribution in [0.4, 0.5) is 5.69 Å². The number of fused-ring (bicyclic) bond motifs is 1. The summed E-state index contributed by atoms with van der Waals surface area (Å²) in [4.78, 5) is 14.9. The molecule has 0 amide bonds. The smallest absolute Gasteiger partial charge is 0.231 e. The molecule has 6 nitrogen and oxygen atoms in total. The third-order valence-electron chi connectivity index (χ3n) is 5.73. The van der Waals surface area contributed by atoms with Crippen LogP contribution in [0.25, 0.3) is 0 Å². The Bertz CT molecular complexity index is 1160. The number of benzene rings is 2. The zero-order valence-corrected chi connectivity index (χ0v) is 16.8. The summed E-state index contributed by atoms with van der Waals surface area (Å²) in [7, 11) is 0. The fraction of sp³-hybridized carbons (Fsp3) is 0.217. The number of rotatable bonds is 2. The van der Waals surface area contributed by atoms with Gasteiger partial charge in [-0.3, -0.25) is 9.69 Å². The highest BCUT2D eigenvalue weighted by atomic mass is 35.5. The molecule has 30 heavy (non-hydrogen) atoms. The van der Waals surface area contributed by atoms with Crippen LogP contribution in [-0.4, -0.2) is 12.6 Å². The van der Waals surface area contributed by atoms with Gasteiger partial charge in [-0.25, -0.2) is 0 Å². The molecule has 3 aliphatic rings. The molecule has 0 saturated heterocycles. The lowest BCUT2D eigenvalue weighted by atomic mass is 9.75. The quantitative estimate of drug-likeness (QED) is 0.777. The molecule has 0 radical (unpaired) electrons. The molecule has 2 aromatic carbocycles. The molecule has 2 heterocycles. The van der Waals surface area contributed by atoms with Crippen molar-refractivity contribution in [3.05, 3.63) is 75.7 Å². The van der Waals surface area contributed by atoms with E-state index in [2.05, 4.69) is 6.07 Å². The Balaban J connectivity index is 1.72. The van der Waals surface area contributed by atoms with Gasteiger partial charge in [0.2, 0.25) is 6.79 Å². The Labute approximate surface area is 178 Å². The van der Waals surface area contributed by atoms with E-state index < -0.39 is 5.92 Å². The molecule has 150 valence electrons. The van der Waals surface area contributed by atoms with Crippen LogP contribution in [0.15, 0.2) is 65.1 Å². The average molecular weight is 420 g/mol. The highest BCUT2D eigenvalue weighted by molar-refractivity contribution is 6.30. The lowest BCUT2D eigenvalue weighted by Gasteiger charge is -2.39. The minimum Gasteiger partial charge on any atom is -0.454 e. The maximum Gasteiger partial charge on any atom is 0.231 e. The van der Waals surface area contributed by atoms with Crippen LogP contribution in [0, 0.1) is 11.3 Å². The van der Waals surface area contributed by atoms with E-state index >= 15 is 0 Å². The Morgan fingerprint density at radius 2 is 1.87 bits per heavy atom. The Kier molecular flexibility index (Phi) is 4.41. The minimum absolute atomic E-state index is 0.0399. The van der Waals surface area contributed by atoms with Gasteiger partial charge in [0.05, 0.1) is 17.6 Å². The maximum atomic E-state index is 13.1. The van der Waals surface area contributed by atoms with Gasteiger partial charge in [-0.2, -0.15) is 5.26 Å². The van der Waals surface area contributed by atoms with Crippen molar-refractivity contribution in [1.29, 1.82) is 5.26 Å². The molecule has 5 rings (SSSR count). The minimum atomic E-state index is -0.532. The van der Waals surface area contributed by atoms with Crippen LogP contribution < -0.4 is 20.1 Å². The SMILES string of the molecule is N#CC1=C(N)N(c2ccc(Cl)cc2)C2=C(C(=O)CCC2)[C@H]1c1ccc2c(c1)OCO2. The molecular formula is C23H18ClN3O3. The van der Waals surface area contributed by atoms with Crippen LogP contribution in [0.5, 0.6) is 11.5 Å². The number of allylic oxidation sites excluding steroid dienone is 3. The lowest BCUT2D eigenvalue weighted by molar-refractivity contribution is -0.116. The van der Waals surface area contributed by atoms with Crippen molar-refractivity contribution in [2.45, 2.75) is 25.2 Å². The predicted octanol–water partition coefficient (Wildman–Crippen LogP) is 4.37. The van der Waals surface area contributed by atoms with Gasteiger partial charge in [0.25, 0.3) is 0 Å². The summed E-state index contributed by atoms with van der Waals surface area (Å²) >= 11 is 6.05. The molecule has 2 aliphatic heterocycles. The zero-order chi connectivity index (χ0) is 20.8. The average Bonchev–Trinajstić information content (AvgIpc) is 3.22. The molecule has 0 bridgehead atoms. The zero-order valence-electron chi connectivity index (χ0n) is 16.0. The molecule has 2 N–H and O–H groups in total. The number of Topliss-reactive ketones (excluding diaryl/α,β-unsaturated/α-hetero) is 1. The van der Waals surface area contributed by atoms with Crippen molar-refractivity contribution >= 4 is 23.1 Å². The molecule has 0 spiro atoms. The normalized spacial score (nSPS) is 20.3. The molecule has 0 fully saturated rings. The number of ether oxygens (including phenoxy) is 2. The van der Waals surface area contributed by atoms with Crippen molar-refractivity contribution in [1.82, 2.24) is 0 Å². The van der Waals surface area contributed by atoms with Crippen molar-refractivity contribution in [2.24, 2.45) is 5.73 Å². The second-order valence-corrected chi connectivity index (χ2v) is 7.84. The number of anilines is 1. The van der Waals surface area contributed by atoms with Gasteiger partial charge in [-0.15, -0.1) is 0 Å². The van der Waals surface area contributed by atoms with E-state index in [-0.39, 0.29) is 12.6 Å². The van der Waals surface area contributed by atoms with E-state index in [0.717, 1.165) is 23.4 Å². The fourth-order valence-corrected chi connectivity index (χ4v) is 4.52. The Morgan fingerprint density at radius 1 is 1.10 bits per heavy atom. The van der Waals surface area contributed by atoms with E-state index in [1.165, 1.54) is 0 Å². The van der Waals surface area contributed by atoms with Crippen molar-refractivity contribution in [2.75, 3.05) is 11.7 Å². The van der Waals surface area contributed by atoms with E-state index in [1.54, 1.807) is 12.1 Å². The van der Waals surface area contributed by atoms with Crippen molar-refractivity contribution in [3.8, 4) is 17.6 Å². The lowest BCUT2D eigenvalue weighted by Crippen LogP contribution is -2.38. The van der Waals surface area contributed by atoms with E-state index in [0.29, 0.717) is 46.3 Å². The molecule has 0 aromatic heterocycles. The Morgan fingerprint density at radius 3 is 2.63 bits per heavy atom. The number of hydrogen-bond acceptors (Lipinski definition) is 6. The topological polar surface area (TPSA) is 88.6 Å². The van der Waals surface area contributed by atoms with Crippen LogP contribution >= 0.6 is 11.6 Å². The summed E-state index contributed by atoms with van der Waals surface area (Å²) in [5, 5.41) is 10.6. The van der Waals surface area contributed by atoms with Gasteiger partial charge in [0.1, 0.15) is 5.82 Å². The summed E-state index contributed by atoms with van der Waals surface area (Å²) in [5.74, 6) is 1.09. The summed E-state index contributed by atoms with van der Waals surface area (Å²) in [6.07, 6.45) is 1.89. The van der Waals surface area contributed by atoms with Gasteiger partial charge in [-0.05, 0) is 54.8 Å². The van der Waals surface area contributed by atoms with Gasteiger partial charge in [0.15, 0.2) is 17.3 Å². The van der Waals surface area contributed by atoms with Gasteiger partial charge in [-0.1, -0.05) is 17.7 Å². The third kappa shape index (κ3) is 2.82. The molecule has 0 saturated carbocycles. The number of nitrogens with zero attached hydrogens (tertiary/aromatic N) is 2. The number of hydrogen-bond donors (Lipinski definition) is 1. The molecule has 1 atom stereocenters. The van der Waals surface area contributed by atoms with Crippen LogP contribution in [0.1, 0.15) is 30.7 Å². The first-order chi connectivity index (χ1) is 14.6. The molecule has 0 unspecified atom stereocenters. The van der Waals surface area contributed by atoms with Gasteiger partial charge in [0, 0.05) is 28.4 Å². The molecule has 2 aromatic rings. The first-order valence-electron chi connectivity index (χ1n) is 9.69. The highest BCUT2D eigenvalue weighted by Crippen LogP contribution is 2.47. The monoisotopic (exact) mass is 419 g/mol. The highest BCUT2D eigenvalue weighted by Gasteiger charge is 2.40. The number of nitrogens with two attached hydrogens (primary N) is 1. The standard InChI is InChI=1S/C23H18ClN3O3/c24-14-5-7-15(8-6-14)27-17-2-1-3-18(28)22(17)21(16(11-25)23(27)26)13-4-9-19-20(10-13)30-12-29-19/h4-10,21H,1-3,12,26H2/t21-/m0/s1. The largest absolute Gasteiger partial charge is 0.454 e. The van der Waals surface area contributed by atoms with E-state index in [9.17, 15) is 10.1 Å². The number of ketones is 1. The fourth-order valence-electron chi connectivity index (χ4n) is 4.40. The molecule has 1 aliphatic carbocycles. The number of nitriles is 1. The second-order valence-electron chi connectivity index (χ2n) is 7.41. The second kappa shape index (κ2) is 7.12. The molecular weight excluding hydrogens is 402 g/mol. The van der Waals surface area contributed by atoms with E-state index in [4.69, 9.17) is 26.8 Å². The van der Waals surface area contributed by atoms with Crippen LogP contribution in [-0.2, 0) is 4.79 Å². The third-order valence-corrected chi connectivity index (χ3v) is 5.98.